The van der Waals surface area contributed by atoms with E-state index in [0.717, 1.165) is 24.8 Å². The van der Waals surface area contributed by atoms with Gasteiger partial charge < -0.3 is 24.8 Å². The van der Waals surface area contributed by atoms with Gasteiger partial charge in [-0.25, -0.2) is 9.59 Å². The molecule has 2 aliphatic heterocycles. The Bertz CT molecular complexity index is 725. The van der Waals surface area contributed by atoms with Crippen LogP contribution in [0.2, 0.25) is 0 Å². The zero-order valence-corrected chi connectivity index (χ0v) is 15.7. The van der Waals surface area contributed by atoms with Crippen molar-refractivity contribution in [2.75, 3.05) is 19.8 Å². The fraction of sp³-hybridized carbons (Fsp3) is 0.500. The monoisotopic (exact) mass is 374 g/mol. The lowest BCUT2D eigenvalue weighted by atomic mass is 9.95. The first kappa shape index (κ1) is 19.2. The molecule has 3 rings (SSSR count). The molecule has 1 fully saturated rings. The largest absolute Gasteiger partial charge is 0.493 e. The van der Waals surface area contributed by atoms with Crippen LogP contribution in [0.3, 0.4) is 0 Å². The molecule has 1 saturated heterocycles. The minimum Gasteiger partial charge on any atom is -0.493 e. The summed E-state index contributed by atoms with van der Waals surface area (Å²) in [5.74, 6) is 0.176. The molecule has 7 nitrogen and oxygen atoms in total. The van der Waals surface area contributed by atoms with Crippen LogP contribution in [0.15, 0.2) is 35.5 Å². The third-order valence-corrected chi connectivity index (χ3v) is 4.61. The molecular formula is C20H26N2O5. The third-order valence-electron chi connectivity index (χ3n) is 4.61. The number of amides is 2. The van der Waals surface area contributed by atoms with E-state index < -0.39 is 12.0 Å². The van der Waals surface area contributed by atoms with Crippen LogP contribution in [0.25, 0.3) is 0 Å². The van der Waals surface area contributed by atoms with Gasteiger partial charge in [0.15, 0.2) is 0 Å². The van der Waals surface area contributed by atoms with Gasteiger partial charge >= 0.3 is 12.0 Å². The lowest BCUT2D eigenvalue weighted by molar-refractivity contribution is -0.142. The first-order valence-electron chi connectivity index (χ1n) is 9.39. The fourth-order valence-corrected chi connectivity index (χ4v) is 3.28. The Hall–Kier alpha value is -2.54. The average molecular weight is 374 g/mol. The van der Waals surface area contributed by atoms with Crippen LogP contribution < -0.4 is 15.4 Å². The van der Waals surface area contributed by atoms with Gasteiger partial charge in [-0.05, 0) is 32.3 Å². The normalized spacial score (nSPS) is 22.2. The molecule has 2 N–H and O–H groups in total. The topological polar surface area (TPSA) is 85.9 Å². The van der Waals surface area contributed by atoms with E-state index in [0.29, 0.717) is 30.2 Å². The SMILES string of the molecule is CCCOc1ccccc1C1NC(=O)NC(C)=C1C(=O)OCC1CCCO1. The van der Waals surface area contributed by atoms with Gasteiger partial charge in [0.05, 0.1) is 24.3 Å². The lowest BCUT2D eigenvalue weighted by Crippen LogP contribution is -2.45. The third kappa shape index (κ3) is 4.60. The molecule has 0 aliphatic carbocycles. The Morgan fingerprint density at radius 2 is 2.15 bits per heavy atom. The summed E-state index contributed by atoms with van der Waals surface area (Å²) in [4.78, 5) is 24.9. The highest BCUT2D eigenvalue weighted by molar-refractivity contribution is 5.95. The Morgan fingerprint density at radius 3 is 2.89 bits per heavy atom. The predicted octanol–water partition coefficient (Wildman–Crippen LogP) is 2.83. The summed E-state index contributed by atoms with van der Waals surface area (Å²) in [7, 11) is 0. The van der Waals surface area contributed by atoms with Crippen molar-refractivity contribution in [2.24, 2.45) is 0 Å². The molecular weight excluding hydrogens is 348 g/mol. The maximum atomic E-state index is 12.8. The van der Waals surface area contributed by atoms with Crippen molar-refractivity contribution in [1.29, 1.82) is 0 Å². The van der Waals surface area contributed by atoms with Crippen LogP contribution in [0.1, 0.15) is 44.7 Å². The van der Waals surface area contributed by atoms with E-state index in [1.165, 1.54) is 0 Å². The Balaban J connectivity index is 1.84. The molecule has 1 aromatic carbocycles. The smallest absolute Gasteiger partial charge is 0.338 e. The number of hydrogen-bond donors (Lipinski definition) is 2. The Kier molecular flexibility index (Phi) is 6.34. The highest BCUT2D eigenvalue weighted by Gasteiger charge is 2.34. The predicted molar refractivity (Wildman–Crippen MR) is 99.3 cm³/mol. The van der Waals surface area contributed by atoms with E-state index >= 15 is 0 Å². The number of carbonyl (C=O) groups is 2. The van der Waals surface area contributed by atoms with Crippen molar-refractivity contribution >= 4 is 12.0 Å². The zero-order chi connectivity index (χ0) is 19.2. The van der Waals surface area contributed by atoms with Gasteiger partial charge in [-0.1, -0.05) is 25.1 Å². The number of benzene rings is 1. The van der Waals surface area contributed by atoms with Gasteiger partial charge in [0.1, 0.15) is 12.4 Å². The van der Waals surface area contributed by atoms with Gasteiger partial charge in [-0.3, -0.25) is 0 Å². The number of esters is 1. The molecule has 2 amide bonds. The number of rotatable bonds is 7. The summed E-state index contributed by atoms with van der Waals surface area (Å²) in [5.41, 5.74) is 1.58. The van der Waals surface area contributed by atoms with Crippen LogP contribution in [0.5, 0.6) is 5.75 Å². The minimum atomic E-state index is -0.635. The van der Waals surface area contributed by atoms with Crippen molar-refractivity contribution < 1.29 is 23.8 Å². The number of para-hydroxylation sites is 1. The molecule has 2 heterocycles. The van der Waals surface area contributed by atoms with Crippen molar-refractivity contribution in [3.05, 3.63) is 41.1 Å². The van der Waals surface area contributed by atoms with Gasteiger partial charge in [-0.2, -0.15) is 0 Å². The second-order valence-electron chi connectivity index (χ2n) is 6.69. The molecule has 0 saturated carbocycles. The van der Waals surface area contributed by atoms with Crippen molar-refractivity contribution in [3.8, 4) is 5.75 Å². The quantitative estimate of drug-likeness (QED) is 0.717. The van der Waals surface area contributed by atoms with Crippen molar-refractivity contribution in [3.63, 3.8) is 0 Å². The van der Waals surface area contributed by atoms with Gasteiger partial charge in [0.25, 0.3) is 0 Å². The molecule has 27 heavy (non-hydrogen) atoms. The van der Waals surface area contributed by atoms with E-state index in [1.54, 1.807) is 6.92 Å². The molecule has 1 aromatic rings. The lowest BCUT2D eigenvalue weighted by Gasteiger charge is -2.29. The van der Waals surface area contributed by atoms with Crippen molar-refractivity contribution in [1.82, 2.24) is 10.6 Å². The summed E-state index contributed by atoms with van der Waals surface area (Å²) >= 11 is 0. The molecule has 0 bridgehead atoms. The second-order valence-corrected chi connectivity index (χ2v) is 6.69. The van der Waals surface area contributed by atoms with E-state index in [4.69, 9.17) is 14.2 Å². The summed E-state index contributed by atoms with van der Waals surface area (Å²) < 4.78 is 16.8. The first-order valence-corrected chi connectivity index (χ1v) is 9.39. The summed E-state index contributed by atoms with van der Waals surface area (Å²) in [5, 5.41) is 5.48. The maximum absolute atomic E-state index is 12.8. The van der Waals surface area contributed by atoms with E-state index in [9.17, 15) is 9.59 Å². The molecule has 0 aromatic heterocycles. The van der Waals surface area contributed by atoms with Gasteiger partial charge in [0, 0.05) is 17.9 Å². The number of nitrogens with one attached hydrogen (secondary N) is 2. The molecule has 7 heteroatoms. The molecule has 2 aliphatic rings. The number of urea groups is 1. The fourth-order valence-electron chi connectivity index (χ4n) is 3.28. The minimum absolute atomic E-state index is 0.0559. The Morgan fingerprint density at radius 1 is 1.33 bits per heavy atom. The highest BCUT2D eigenvalue weighted by atomic mass is 16.6. The second kappa shape index (κ2) is 8.90. The number of hydrogen-bond acceptors (Lipinski definition) is 5. The standard InChI is InChI=1S/C20H26N2O5/c1-3-10-26-16-9-5-4-8-15(16)18-17(13(2)21-20(24)22-18)19(23)27-12-14-7-6-11-25-14/h4-5,8-9,14,18H,3,6-7,10-12H2,1-2H3,(H2,21,22,24). The molecule has 0 radical (unpaired) electrons. The first-order chi connectivity index (χ1) is 13.1. The average Bonchev–Trinajstić information content (AvgIpc) is 3.17. The molecule has 0 spiro atoms. The van der Waals surface area contributed by atoms with E-state index in [1.807, 2.05) is 31.2 Å². The van der Waals surface area contributed by atoms with E-state index in [-0.39, 0.29) is 18.7 Å². The summed E-state index contributed by atoms with van der Waals surface area (Å²) in [6.07, 6.45) is 2.67. The van der Waals surface area contributed by atoms with Crippen LogP contribution in [0.4, 0.5) is 4.79 Å². The molecule has 2 unspecified atom stereocenters. The van der Waals surface area contributed by atoms with Crippen LogP contribution in [0, 0.1) is 0 Å². The number of carbonyl (C=O) groups excluding carboxylic acids is 2. The van der Waals surface area contributed by atoms with Gasteiger partial charge in [-0.15, -0.1) is 0 Å². The number of allylic oxidation sites excluding steroid dienone is 1. The molecule has 146 valence electrons. The van der Waals surface area contributed by atoms with Crippen LogP contribution >= 0.6 is 0 Å². The highest BCUT2D eigenvalue weighted by Crippen LogP contribution is 2.33. The summed E-state index contributed by atoms with van der Waals surface area (Å²) in [6.45, 7) is 5.19. The zero-order valence-electron chi connectivity index (χ0n) is 15.7. The van der Waals surface area contributed by atoms with Gasteiger partial charge in [0.2, 0.25) is 0 Å². The van der Waals surface area contributed by atoms with Crippen molar-refractivity contribution in [2.45, 2.75) is 45.3 Å². The van der Waals surface area contributed by atoms with E-state index in [2.05, 4.69) is 10.6 Å². The van der Waals surface area contributed by atoms with Crippen LogP contribution in [-0.2, 0) is 14.3 Å². The van der Waals surface area contributed by atoms with Crippen LogP contribution in [-0.4, -0.2) is 37.9 Å². The number of ether oxygens (including phenoxy) is 3. The summed E-state index contributed by atoms with van der Waals surface area (Å²) in [6, 6.07) is 6.41. The Labute approximate surface area is 159 Å². The molecule has 2 atom stereocenters. The maximum Gasteiger partial charge on any atom is 0.338 e.